The van der Waals surface area contributed by atoms with Gasteiger partial charge in [0.25, 0.3) is 11.9 Å². The van der Waals surface area contributed by atoms with E-state index in [0.717, 1.165) is 6.07 Å². The van der Waals surface area contributed by atoms with Crippen molar-refractivity contribution in [3.05, 3.63) is 34.9 Å². The number of anilines is 2. The monoisotopic (exact) mass is 598 g/mol. The van der Waals surface area contributed by atoms with Crippen molar-refractivity contribution in [3.63, 3.8) is 0 Å². The quantitative estimate of drug-likeness (QED) is 0.220. The minimum Gasteiger partial charge on any atom is -0.423 e. The van der Waals surface area contributed by atoms with Crippen LogP contribution in [0.1, 0.15) is 31.2 Å². The number of likely N-dealkylation sites (N-methyl/N-ethyl adjacent to an activating group) is 1. The Bertz CT molecular complexity index is 1590. The third-order valence-corrected chi connectivity index (χ3v) is 6.92. The zero-order valence-electron chi connectivity index (χ0n) is 22.0. The van der Waals surface area contributed by atoms with Crippen LogP contribution in [0.4, 0.5) is 25.0 Å². The van der Waals surface area contributed by atoms with E-state index in [0.29, 0.717) is 13.1 Å². The minimum atomic E-state index is -4.70. The summed E-state index contributed by atoms with van der Waals surface area (Å²) in [7, 11) is 1.36. The summed E-state index contributed by atoms with van der Waals surface area (Å²) in [6.45, 7) is 4.57. The number of amides is 1. The predicted octanol–water partition coefficient (Wildman–Crippen LogP) is 2.46. The van der Waals surface area contributed by atoms with Gasteiger partial charge < -0.3 is 34.9 Å². The average molecular weight is 599 g/mol. The molecule has 1 saturated heterocycles. The number of halogens is 4. The summed E-state index contributed by atoms with van der Waals surface area (Å²) in [6, 6.07) is 2.54. The Morgan fingerprint density at radius 2 is 1.90 bits per heavy atom. The second kappa shape index (κ2) is 10.9. The average Bonchev–Trinajstić information content (AvgIpc) is 3.62. The van der Waals surface area contributed by atoms with Gasteiger partial charge in [-0.2, -0.15) is 28.1 Å². The molecule has 0 unspecified atom stereocenters. The molecular formula is C24H26ClF3N8O5. The molecule has 1 fully saturated rings. The molecule has 0 radical (unpaired) electrons. The first kappa shape index (κ1) is 28.8. The Morgan fingerprint density at radius 1 is 1.17 bits per heavy atom. The van der Waals surface area contributed by atoms with Crippen molar-refractivity contribution >= 4 is 51.6 Å². The van der Waals surface area contributed by atoms with Gasteiger partial charge in [0, 0.05) is 26.7 Å². The number of oxazole rings is 1. The first-order chi connectivity index (χ1) is 19.5. The summed E-state index contributed by atoms with van der Waals surface area (Å²) >= 11 is 6.13. The van der Waals surface area contributed by atoms with Gasteiger partial charge in [-0.15, -0.1) is 0 Å². The SMILES string of the molecule is CCN(CC)c1nc2cc(CNc3nc(Cl)nc4c3ncn4[C@@H]3O[C@H](C(=O)NC)[C@@H](O)[C@H]3O)cc(C(F)(F)F)c2o1. The number of nitrogens with zero attached hydrogens (tertiary/aromatic N) is 6. The standard InChI is InChI=1S/C24H26ClF3N8O5/c1-4-35(5-2)23-32-12-7-10(6-11(16(12)41-23)24(26,27)28)8-30-18-13-19(34-22(25)33-18)36(9-31-13)21-15(38)14(37)17(40-21)20(39)29-3/h6-7,9,14-15,17,21,37-38H,4-5,8H2,1-3H3,(H,29,39)(H,30,33,34)/t14-,15+,17-,21+/m0/s1. The largest absolute Gasteiger partial charge is 0.423 e. The molecule has 13 nitrogen and oxygen atoms in total. The fourth-order valence-electron chi connectivity index (χ4n) is 4.65. The maximum Gasteiger partial charge on any atom is 0.420 e. The Hall–Kier alpha value is -3.73. The number of nitrogens with one attached hydrogen (secondary N) is 2. The Labute approximate surface area is 235 Å². The number of hydrogen-bond acceptors (Lipinski definition) is 11. The first-order valence-corrected chi connectivity index (χ1v) is 13.0. The number of alkyl halides is 3. The number of ether oxygens (including phenoxy) is 1. The highest BCUT2D eigenvalue weighted by atomic mass is 35.5. The van der Waals surface area contributed by atoms with Crippen LogP contribution in [0, 0.1) is 0 Å². The highest BCUT2D eigenvalue weighted by molar-refractivity contribution is 6.28. The van der Waals surface area contributed by atoms with Crippen LogP contribution in [0.2, 0.25) is 5.28 Å². The molecule has 17 heteroatoms. The molecule has 1 aromatic carbocycles. The van der Waals surface area contributed by atoms with Gasteiger partial charge in [-0.25, -0.2) is 4.98 Å². The molecule has 3 aromatic heterocycles. The normalized spacial score (nSPS) is 21.1. The lowest BCUT2D eigenvalue weighted by molar-refractivity contribution is -0.137. The number of aliphatic hydroxyl groups excluding tert-OH is 2. The van der Waals surface area contributed by atoms with E-state index in [1.54, 1.807) is 4.90 Å². The molecule has 4 atom stereocenters. The van der Waals surface area contributed by atoms with Gasteiger partial charge in [-0.3, -0.25) is 9.36 Å². The van der Waals surface area contributed by atoms with Crippen LogP contribution in [-0.4, -0.2) is 79.1 Å². The number of aromatic nitrogens is 5. The molecule has 0 aliphatic carbocycles. The molecule has 1 aliphatic rings. The molecule has 5 rings (SSSR count). The van der Waals surface area contributed by atoms with Gasteiger partial charge in [0.2, 0.25) is 5.28 Å². The van der Waals surface area contributed by atoms with Gasteiger partial charge in [-0.1, -0.05) is 0 Å². The summed E-state index contributed by atoms with van der Waals surface area (Å²) in [4.78, 5) is 30.5. The summed E-state index contributed by atoms with van der Waals surface area (Å²) in [5.74, 6) is -0.544. The summed E-state index contributed by atoms with van der Waals surface area (Å²) in [5, 5.41) is 25.9. The molecule has 1 amide bonds. The Kier molecular flexibility index (Phi) is 7.67. The fourth-order valence-corrected chi connectivity index (χ4v) is 4.82. The van der Waals surface area contributed by atoms with E-state index >= 15 is 0 Å². The maximum atomic E-state index is 14.0. The fraction of sp³-hybridized carbons (Fsp3) is 0.458. The van der Waals surface area contributed by atoms with Crippen LogP contribution < -0.4 is 15.5 Å². The first-order valence-electron chi connectivity index (χ1n) is 12.6. The van der Waals surface area contributed by atoms with E-state index in [1.165, 1.54) is 24.0 Å². The van der Waals surface area contributed by atoms with Crippen molar-refractivity contribution in [1.29, 1.82) is 0 Å². The van der Waals surface area contributed by atoms with E-state index in [-0.39, 0.29) is 51.5 Å². The lowest BCUT2D eigenvalue weighted by atomic mass is 10.1. The summed E-state index contributed by atoms with van der Waals surface area (Å²) < 4.78 is 54.2. The van der Waals surface area contributed by atoms with Crippen LogP contribution in [0.3, 0.4) is 0 Å². The number of carbonyl (C=O) groups excluding carboxylic acids is 1. The number of rotatable bonds is 8. The second-order valence-corrected chi connectivity index (χ2v) is 9.56. The van der Waals surface area contributed by atoms with Crippen molar-refractivity contribution in [2.75, 3.05) is 30.4 Å². The lowest BCUT2D eigenvalue weighted by Gasteiger charge is -2.16. The third-order valence-electron chi connectivity index (χ3n) is 6.75. The van der Waals surface area contributed by atoms with E-state index in [1.807, 2.05) is 13.8 Å². The molecule has 4 aromatic rings. The van der Waals surface area contributed by atoms with Crippen LogP contribution in [0.15, 0.2) is 22.9 Å². The topological polar surface area (TPSA) is 164 Å². The second-order valence-electron chi connectivity index (χ2n) is 9.22. The number of carbonyl (C=O) groups is 1. The van der Waals surface area contributed by atoms with E-state index in [4.69, 9.17) is 20.8 Å². The third kappa shape index (κ3) is 5.23. The van der Waals surface area contributed by atoms with Crippen molar-refractivity contribution in [1.82, 2.24) is 29.8 Å². The van der Waals surface area contributed by atoms with Crippen LogP contribution in [0.25, 0.3) is 22.3 Å². The molecule has 220 valence electrons. The van der Waals surface area contributed by atoms with Crippen LogP contribution >= 0.6 is 11.6 Å². The van der Waals surface area contributed by atoms with Crippen molar-refractivity contribution in [2.45, 2.75) is 51.1 Å². The van der Waals surface area contributed by atoms with Crippen molar-refractivity contribution in [3.8, 4) is 0 Å². The lowest BCUT2D eigenvalue weighted by Crippen LogP contribution is -2.41. The van der Waals surface area contributed by atoms with Crippen molar-refractivity contribution < 1.29 is 37.3 Å². The molecule has 41 heavy (non-hydrogen) atoms. The van der Waals surface area contributed by atoms with Gasteiger partial charge in [0.05, 0.1) is 6.33 Å². The van der Waals surface area contributed by atoms with Gasteiger partial charge in [0.15, 0.2) is 34.9 Å². The molecular weight excluding hydrogens is 573 g/mol. The molecule has 4 N–H and O–H groups in total. The molecule has 0 saturated carbocycles. The number of hydrogen-bond donors (Lipinski definition) is 4. The maximum absolute atomic E-state index is 14.0. The highest BCUT2D eigenvalue weighted by Gasteiger charge is 2.47. The van der Waals surface area contributed by atoms with E-state index < -0.39 is 42.2 Å². The minimum absolute atomic E-state index is 0.0465. The molecule has 0 bridgehead atoms. The number of aliphatic hydroxyl groups is 2. The molecule has 4 heterocycles. The predicted molar refractivity (Wildman–Crippen MR) is 140 cm³/mol. The van der Waals surface area contributed by atoms with E-state index in [9.17, 15) is 28.2 Å². The zero-order chi connectivity index (χ0) is 29.6. The van der Waals surface area contributed by atoms with Gasteiger partial charge >= 0.3 is 6.18 Å². The summed E-state index contributed by atoms with van der Waals surface area (Å²) in [6.07, 6.45) is -9.05. The van der Waals surface area contributed by atoms with Crippen molar-refractivity contribution in [2.24, 2.45) is 0 Å². The number of fused-ring (bicyclic) bond motifs is 2. The zero-order valence-corrected chi connectivity index (χ0v) is 22.7. The highest BCUT2D eigenvalue weighted by Crippen LogP contribution is 2.38. The Balaban J connectivity index is 1.47. The van der Waals surface area contributed by atoms with Crippen LogP contribution in [0.5, 0.6) is 0 Å². The van der Waals surface area contributed by atoms with E-state index in [2.05, 4.69) is 30.6 Å². The number of benzene rings is 1. The Morgan fingerprint density at radius 3 is 2.56 bits per heavy atom. The van der Waals surface area contributed by atoms with Crippen LogP contribution in [-0.2, 0) is 22.3 Å². The number of imidazole rings is 1. The molecule has 1 aliphatic heterocycles. The van der Waals surface area contributed by atoms with Gasteiger partial charge in [0.1, 0.15) is 23.3 Å². The molecule has 0 spiro atoms. The van der Waals surface area contributed by atoms with Gasteiger partial charge in [-0.05, 0) is 43.1 Å². The smallest absolute Gasteiger partial charge is 0.420 e. The summed E-state index contributed by atoms with van der Waals surface area (Å²) in [5.41, 5.74) is -0.798.